The number of aromatic nitrogens is 1. The molecule has 1 aliphatic heterocycles. The second-order valence-corrected chi connectivity index (χ2v) is 6.98. The van der Waals surface area contributed by atoms with Crippen LogP contribution in [-0.2, 0) is 20.7 Å². The minimum absolute atomic E-state index is 0.240. The molecule has 1 aromatic heterocycles. The zero-order chi connectivity index (χ0) is 17.4. The minimum Gasteiger partial charge on any atom is -0.444 e. The van der Waals surface area contributed by atoms with Crippen molar-refractivity contribution >= 4 is 18.7 Å². The highest BCUT2D eigenvalue weighted by Crippen LogP contribution is 2.36. The van der Waals surface area contributed by atoms with Gasteiger partial charge < -0.3 is 14.0 Å². The molecule has 0 bridgehead atoms. The summed E-state index contributed by atoms with van der Waals surface area (Å²) in [7, 11) is -0.488. The molecular weight excluding hydrogens is 305 g/mol. The molecule has 126 valence electrons. The first-order chi connectivity index (χ1) is 11.3. The third kappa shape index (κ3) is 3.25. The number of rotatable bonds is 3. The first-order valence-corrected chi connectivity index (χ1v) is 8.03. The molecule has 1 fully saturated rings. The highest BCUT2D eigenvalue weighted by molar-refractivity contribution is 6.62. The summed E-state index contributed by atoms with van der Waals surface area (Å²) in [5.41, 5.74) is 0.927. The van der Waals surface area contributed by atoms with Crippen LogP contribution in [0.25, 0.3) is 0 Å². The van der Waals surface area contributed by atoms with Crippen LogP contribution in [0.1, 0.15) is 33.3 Å². The van der Waals surface area contributed by atoms with E-state index >= 15 is 0 Å². The van der Waals surface area contributed by atoms with E-state index < -0.39 is 24.4 Å². The summed E-state index contributed by atoms with van der Waals surface area (Å²) in [6.45, 7) is 8.23. The van der Waals surface area contributed by atoms with Crippen molar-refractivity contribution in [2.45, 2.75) is 45.5 Å². The van der Waals surface area contributed by atoms with Crippen molar-refractivity contribution in [3.05, 3.63) is 54.4 Å². The number of carbonyl (C=O) groups excluding carboxylic acids is 1. The van der Waals surface area contributed by atoms with Gasteiger partial charge in [-0.3, -0.25) is 4.57 Å². The van der Waals surface area contributed by atoms with Crippen LogP contribution in [0.4, 0.5) is 4.79 Å². The molecule has 0 aliphatic carbocycles. The maximum absolute atomic E-state index is 12.2. The molecule has 0 saturated carbocycles. The van der Waals surface area contributed by atoms with E-state index in [0.717, 1.165) is 11.0 Å². The second kappa shape index (κ2) is 6.11. The Labute approximate surface area is 142 Å². The predicted molar refractivity (Wildman–Crippen MR) is 92.2 cm³/mol. The van der Waals surface area contributed by atoms with Gasteiger partial charge in [-0.1, -0.05) is 30.3 Å². The molecule has 0 radical (unpaired) electrons. The third-order valence-electron chi connectivity index (χ3n) is 4.66. The van der Waals surface area contributed by atoms with E-state index in [0.29, 0.717) is 0 Å². The predicted octanol–water partition coefficient (Wildman–Crippen LogP) is 2.97. The lowest BCUT2D eigenvalue weighted by Crippen LogP contribution is -2.41. The van der Waals surface area contributed by atoms with Crippen LogP contribution in [-0.4, -0.2) is 29.0 Å². The fourth-order valence-corrected chi connectivity index (χ4v) is 2.44. The van der Waals surface area contributed by atoms with Crippen molar-refractivity contribution < 1.29 is 18.8 Å². The monoisotopic (exact) mass is 327 g/mol. The Balaban J connectivity index is 1.64. The fourth-order valence-electron chi connectivity index (χ4n) is 2.44. The summed E-state index contributed by atoms with van der Waals surface area (Å²) in [5, 5.41) is 0. The summed E-state index contributed by atoms with van der Waals surface area (Å²) in [6, 6.07) is 11.4. The van der Waals surface area contributed by atoms with Crippen molar-refractivity contribution in [3.63, 3.8) is 0 Å². The average Bonchev–Trinajstić information content (AvgIpc) is 3.09. The van der Waals surface area contributed by atoms with Gasteiger partial charge in [0.05, 0.1) is 11.2 Å². The summed E-state index contributed by atoms with van der Waals surface area (Å²) in [4.78, 5) is 12.2. The van der Waals surface area contributed by atoms with E-state index in [9.17, 15) is 4.79 Å². The lowest BCUT2D eigenvalue weighted by molar-refractivity contribution is 0.00578. The van der Waals surface area contributed by atoms with Gasteiger partial charge in [-0.2, -0.15) is 0 Å². The van der Waals surface area contributed by atoms with Gasteiger partial charge in [-0.05, 0) is 39.3 Å². The van der Waals surface area contributed by atoms with E-state index in [1.54, 1.807) is 12.4 Å². The van der Waals surface area contributed by atoms with Gasteiger partial charge in [0.25, 0.3) is 0 Å². The zero-order valence-corrected chi connectivity index (χ0v) is 14.5. The first kappa shape index (κ1) is 16.8. The number of benzene rings is 1. The van der Waals surface area contributed by atoms with Gasteiger partial charge in [0.2, 0.25) is 0 Å². The highest BCUT2D eigenvalue weighted by atomic mass is 16.7. The quantitative estimate of drug-likeness (QED) is 0.813. The smallest absolute Gasteiger partial charge is 0.444 e. The third-order valence-corrected chi connectivity index (χ3v) is 4.66. The topological polar surface area (TPSA) is 49.7 Å². The summed E-state index contributed by atoms with van der Waals surface area (Å²) in [6.07, 6.45) is 2.92. The van der Waals surface area contributed by atoms with Crippen molar-refractivity contribution in [1.82, 2.24) is 4.57 Å². The van der Waals surface area contributed by atoms with Crippen molar-refractivity contribution in [3.8, 4) is 0 Å². The van der Waals surface area contributed by atoms with Crippen molar-refractivity contribution in [2.24, 2.45) is 0 Å². The largest absolute Gasteiger partial charge is 0.496 e. The van der Waals surface area contributed by atoms with Crippen LogP contribution < -0.4 is 5.46 Å². The number of carbonyl (C=O) groups is 1. The SMILES string of the molecule is CC1(C)OB(c2ccn(C(=O)OCc3ccccc3)c2)OC1(C)C. The Morgan fingerprint density at radius 3 is 2.33 bits per heavy atom. The summed E-state index contributed by atoms with van der Waals surface area (Å²) >= 11 is 0. The molecule has 0 atom stereocenters. The van der Waals surface area contributed by atoms with Gasteiger partial charge in [0.15, 0.2) is 0 Å². The van der Waals surface area contributed by atoms with Crippen molar-refractivity contribution in [1.29, 1.82) is 0 Å². The van der Waals surface area contributed by atoms with Crippen LogP contribution >= 0.6 is 0 Å². The van der Waals surface area contributed by atoms with Crippen LogP contribution in [0.5, 0.6) is 0 Å². The number of hydrogen-bond acceptors (Lipinski definition) is 4. The first-order valence-electron chi connectivity index (χ1n) is 8.03. The Bertz CT molecular complexity index is 708. The fraction of sp³-hybridized carbons (Fsp3) is 0.389. The Morgan fingerprint density at radius 2 is 1.71 bits per heavy atom. The molecule has 0 spiro atoms. The number of nitrogens with zero attached hydrogens (tertiary/aromatic N) is 1. The molecule has 1 saturated heterocycles. The molecule has 6 heteroatoms. The molecule has 0 unspecified atom stereocenters. The standard InChI is InChI=1S/C18H22BNO4/c1-17(2)18(3,4)24-19(23-17)15-10-11-20(12-15)16(21)22-13-14-8-6-5-7-9-14/h5-12H,13H2,1-4H3. The lowest BCUT2D eigenvalue weighted by atomic mass is 9.81. The molecule has 5 nitrogen and oxygen atoms in total. The van der Waals surface area contributed by atoms with E-state index in [2.05, 4.69) is 0 Å². The second-order valence-electron chi connectivity index (χ2n) is 6.98. The molecule has 24 heavy (non-hydrogen) atoms. The van der Waals surface area contributed by atoms with Crippen LogP contribution in [0, 0.1) is 0 Å². The molecule has 1 aromatic carbocycles. The summed E-state index contributed by atoms with van der Waals surface area (Å²) in [5.74, 6) is 0. The van der Waals surface area contributed by atoms with Crippen LogP contribution in [0.3, 0.4) is 0 Å². The molecule has 0 N–H and O–H groups in total. The maximum Gasteiger partial charge on any atom is 0.496 e. The number of hydrogen-bond donors (Lipinski definition) is 0. The van der Waals surface area contributed by atoms with Gasteiger partial charge in [-0.15, -0.1) is 0 Å². The van der Waals surface area contributed by atoms with E-state index in [-0.39, 0.29) is 6.61 Å². The van der Waals surface area contributed by atoms with E-state index in [4.69, 9.17) is 14.0 Å². The van der Waals surface area contributed by atoms with Crippen LogP contribution in [0.2, 0.25) is 0 Å². The van der Waals surface area contributed by atoms with E-state index in [1.807, 2.05) is 64.1 Å². The van der Waals surface area contributed by atoms with Gasteiger partial charge in [0.1, 0.15) is 6.61 Å². The normalized spacial score (nSPS) is 18.6. The Kier molecular flexibility index (Phi) is 4.28. The Morgan fingerprint density at radius 1 is 1.08 bits per heavy atom. The molecule has 2 aromatic rings. The molecule has 0 amide bonds. The molecule has 1 aliphatic rings. The van der Waals surface area contributed by atoms with E-state index in [1.165, 1.54) is 4.57 Å². The minimum atomic E-state index is -0.488. The van der Waals surface area contributed by atoms with Gasteiger partial charge >= 0.3 is 13.2 Å². The Hall–Kier alpha value is -2.05. The average molecular weight is 327 g/mol. The molecule has 3 rings (SSSR count). The molecule has 2 heterocycles. The van der Waals surface area contributed by atoms with Crippen LogP contribution in [0.15, 0.2) is 48.8 Å². The highest BCUT2D eigenvalue weighted by Gasteiger charge is 2.51. The van der Waals surface area contributed by atoms with Gasteiger partial charge in [-0.25, -0.2) is 4.79 Å². The molecular formula is C18H22BNO4. The lowest BCUT2D eigenvalue weighted by Gasteiger charge is -2.32. The number of ether oxygens (including phenoxy) is 1. The summed E-state index contributed by atoms with van der Waals surface area (Å²) < 4.78 is 18.7. The zero-order valence-electron chi connectivity index (χ0n) is 14.5. The maximum atomic E-state index is 12.2. The van der Waals surface area contributed by atoms with Crippen molar-refractivity contribution in [2.75, 3.05) is 0 Å². The van der Waals surface area contributed by atoms with Gasteiger partial charge in [0, 0.05) is 17.9 Å².